The smallest absolute Gasteiger partial charge is 0.240 e. The molecule has 0 aromatic heterocycles. The summed E-state index contributed by atoms with van der Waals surface area (Å²) in [6, 6.07) is -0.229. The van der Waals surface area contributed by atoms with Crippen LogP contribution in [0.1, 0.15) is 19.8 Å². The minimum atomic E-state index is -0.311. The average molecular weight is 155 g/mol. The Morgan fingerprint density at radius 1 is 1.73 bits per heavy atom. The molecule has 1 rings (SSSR count). The van der Waals surface area contributed by atoms with Crippen molar-refractivity contribution in [1.82, 2.24) is 4.90 Å². The Kier molecular flexibility index (Phi) is 2.12. The van der Waals surface area contributed by atoms with Gasteiger partial charge in [-0.1, -0.05) is 0 Å². The van der Waals surface area contributed by atoms with Crippen molar-refractivity contribution in [2.45, 2.75) is 25.8 Å². The van der Waals surface area contributed by atoms with Gasteiger partial charge in [-0.2, -0.15) is 0 Å². The molecule has 1 fully saturated rings. The summed E-state index contributed by atoms with van der Waals surface area (Å²) < 4.78 is 0. The molecule has 11 heavy (non-hydrogen) atoms. The summed E-state index contributed by atoms with van der Waals surface area (Å²) in [6.07, 6.45) is 1.76. The SMILES string of the molecule is CC(=N)N1CCCC1C(N)=O. The van der Waals surface area contributed by atoms with E-state index in [1.54, 1.807) is 11.8 Å². The first-order valence-corrected chi connectivity index (χ1v) is 3.74. The Hall–Kier alpha value is -1.06. The van der Waals surface area contributed by atoms with Crippen molar-refractivity contribution in [3.05, 3.63) is 0 Å². The van der Waals surface area contributed by atoms with Gasteiger partial charge in [0, 0.05) is 6.54 Å². The minimum Gasteiger partial charge on any atom is -0.368 e. The fourth-order valence-corrected chi connectivity index (χ4v) is 1.46. The molecule has 0 aromatic rings. The van der Waals surface area contributed by atoms with Gasteiger partial charge < -0.3 is 10.6 Å². The number of hydrogen-bond acceptors (Lipinski definition) is 2. The average Bonchev–Trinajstić information content (AvgIpc) is 2.32. The lowest BCUT2D eigenvalue weighted by atomic mass is 10.2. The Balaban J connectivity index is 2.65. The van der Waals surface area contributed by atoms with Crippen molar-refractivity contribution in [2.24, 2.45) is 5.73 Å². The zero-order valence-electron chi connectivity index (χ0n) is 6.63. The van der Waals surface area contributed by atoms with Crippen molar-refractivity contribution in [3.63, 3.8) is 0 Å². The van der Waals surface area contributed by atoms with Crippen LogP contribution in [-0.2, 0) is 4.79 Å². The molecule has 1 atom stereocenters. The Bertz CT molecular complexity index is 170. The second-order valence-electron chi connectivity index (χ2n) is 2.84. The van der Waals surface area contributed by atoms with Crippen LogP contribution in [0.3, 0.4) is 0 Å². The third-order valence-electron chi connectivity index (χ3n) is 2.01. The van der Waals surface area contributed by atoms with Crippen molar-refractivity contribution >= 4 is 11.7 Å². The summed E-state index contributed by atoms with van der Waals surface area (Å²) in [7, 11) is 0. The number of rotatable bonds is 1. The predicted molar refractivity (Wildman–Crippen MR) is 42.3 cm³/mol. The van der Waals surface area contributed by atoms with E-state index in [0.29, 0.717) is 5.84 Å². The second kappa shape index (κ2) is 2.90. The third kappa shape index (κ3) is 1.50. The molecule has 4 heteroatoms. The highest BCUT2D eigenvalue weighted by Crippen LogP contribution is 2.16. The lowest BCUT2D eigenvalue weighted by Gasteiger charge is -2.22. The molecule has 1 unspecified atom stereocenters. The summed E-state index contributed by atoms with van der Waals surface area (Å²) in [6.45, 7) is 2.48. The van der Waals surface area contributed by atoms with Crippen LogP contribution in [-0.4, -0.2) is 29.2 Å². The summed E-state index contributed by atoms with van der Waals surface area (Å²) >= 11 is 0. The van der Waals surface area contributed by atoms with Crippen LogP contribution in [0.5, 0.6) is 0 Å². The Morgan fingerprint density at radius 3 is 2.73 bits per heavy atom. The minimum absolute atomic E-state index is 0.229. The van der Waals surface area contributed by atoms with E-state index in [0.717, 1.165) is 19.4 Å². The first kappa shape index (κ1) is 8.04. The van der Waals surface area contributed by atoms with Crippen LogP contribution in [0, 0.1) is 5.41 Å². The number of amides is 1. The maximum absolute atomic E-state index is 10.8. The molecule has 0 radical (unpaired) electrons. The number of amidine groups is 1. The molecule has 1 aliphatic rings. The quantitative estimate of drug-likeness (QED) is 0.411. The summed E-state index contributed by atoms with van der Waals surface area (Å²) in [5.74, 6) is 0.125. The van der Waals surface area contributed by atoms with E-state index in [4.69, 9.17) is 11.1 Å². The molecule has 1 aliphatic heterocycles. The fourth-order valence-electron chi connectivity index (χ4n) is 1.46. The van der Waals surface area contributed by atoms with Crippen molar-refractivity contribution in [2.75, 3.05) is 6.54 Å². The van der Waals surface area contributed by atoms with Gasteiger partial charge in [-0.25, -0.2) is 0 Å². The van der Waals surface area contributed by atoms with E-state index in [-0.39, 0.29) is 11.9 Å². The van der Waals surface area contributed by atoms with Crippen LogP contribution in [0.25, 0.3) is 0 Å². The number of primary amides is 1. The van der Waals surface area contributed by atoms with Crippen LogP contribution in [0.2, 0.25) is 0 Å². The van der Waals surface area contributed by atoms with Crippen LogP contribution in [0.15, 0.2) is 0 Å². The van der Waals surface area contributed by atoms with Gasteiger partial charge in [0.25, 0.3) is 0 Å². The van der Waals surface area contributed by atoms with Crippen molar-refractivity contribution in [3.8, 4) is 0 Å². The monoisotopic (exact) mass is 155 g/mol. The molecular formula is C7H13N3O. The Morgan fingerprint density at radius 2 is 2.36 bits per heavy atom. The van der Waals surface area contributed by atoms with Gasteiger partial charge in [-0.15, -0.1) is 0 Å². The molecule has 1 amide bonds. The van der Waals surface area contributed by atoms with E-state index in [1.807, 2.05) is 0 Å². The van der Waals surface area contributed by atoms with Crippen molar-refractivity contribution < 1.29 is 4.79 Å². The molecule has 4 nitrogen and oxygen atoms in total. The van der Waals surface area contributed by atoms with Gasteiger partial charge in [0.1, 0.15) is 6.04 Å². The van der Waals surface area contributed by atoms with E-state index < -0.39 is 0 Å². The zero-order chi connectivity index (χ0) is 8.43. The molecule has 62 valence electrons. The standard InChI is InChI=1S/C7H13N3O/c1-5(8)10-4-2-3-6(10)7(9)11/h6,8H,2-4H2,1H3,(H2,9,11). The number of nitrogens with zero attached hydrogens (tertiary/aromatic N) is 1. The van der Waals surface area contributed by atoms with Crippen molar-refractivity contribution in [1.29, 1.82) is 5.41 Å². The topological polar surface area (TPSA) is 70.2 Å². The lowest BCUT2D eigenvalue weighted by molar-refractivity contribution is -0.121. The van der Waals surface area contributed by atoms with E-state index in [1.165, 1.54) is 0 Å². The molecule has 1 heterocycles. The highest BCUT2D eigenvalue weighted by atomic mass is 16.1. The molecule has 0 aromatic carbocycles. The first-order valence-electron chi connectivity index (χ1n) is 3.74. The van der Waals surface area contributed by atoms with Gasteiger partial charge in [0.2, 0.25) is 5.91 Å². The number of nitrogens with one attached hydrogen (secondary N) is 1. The van der Waals surface area contributed by atoms with E-state index in [9.17, 15) is 4.79 Å². The van der Waals surface area contributed by atoms with Crippen LogP contribution < -0.4 is 5.73 Å². The molecular weight excluding hydrogens is 142 g/mol. The van der Waals surface area contributed by atoms with Gasteiger partial charge in [0.15, 0.2) is 0 Å². The first-order chi connectivity index (χ1) is 5.13. The molecule has 0 saturated carbocycles. The molecule has 0 bridgehead atoms. The van der Waals surface area contributed by atoms with Gasteiger partial charge >= 0.3 is 0 Å². The predicted octanol–water partition coefficient (Wildman–Crippen LogP) is -0.0667. The summed E-state index contributed by atoms with van der Waals surface area (Å²) in [4.78, 5) is 12.6. The summed E-state index contributed by atoms with van der Waals surface area (Å²) in [5, 5.41) is 7.33. The largest absolute Gasteiger partial charge is 0.368 e. The lowest BCUT2D eigenvalue weighted by Crippen LogP contribution is -2.42. The third-order valence-corrected chi connectivity index (χ3v) is 2.01. The maximum Gasteiger partial charge on any atom is 0.240 e. The highest BCUT2D eigenvalue weighted by Gasteiger charge is 2.28. The molecule has 3 N–H and O–H groups in total. The summed E-state index contributed by atoms with van der Waals surface area (Å²) in [5.41, 5.74) is 5.15. The molecule has 0 spiro atoms. The van der Waals surface area contributed by atoms with Gasteiger partial charge in [0.05, 0.1) is 5.84 Å². The maximum atomic E-state index is 10.8. The van der Waals surface area contributed by atoms with Gasteiger partial charge in [-0.05, 0) is 19.8 Å². The number of hydrogen-bond donors (Lipinski definition) is 2. The number of likely N-dealkylation sites (tertiary alicyclic amines) is 1. The number of carbonyl (C=O) groups is 1. The molecule has 1 saturated heterocycles. The fraction of sp³-hybridized carbons (Fsp3) is 0.714. The highest BCUT2D eigenvalue weighted by molar-refractivity contribution is 5.87. The number of nitrogens with two attached hydrogens (primary N) is 1. The van der Waals surface area contributed by atoms with Crippen LogP contribution in [0.4, 0.5) is 0 Å². The zero-order valence-corrected chi connectivity index (χ0v) is 6.63. The second-order valence-corrected chi connectivity index (χ2v) is 2.84. The Labute approximate surface area is 65.9 Å². The van der Waals surface area contributed by atoms with Gasteiger partial charge in [-0.3, -0.25) is 10.2 Å². The normalized spacial score (nSPS) is 23.7. The van der Waals surface area contributed by atoms with E-state index >= 15 is 0 Å². The van der Waals surface area contributed by atoms with Crippen LogP contribution >= 0.6 is 0 Å². The number of carbonyl (C=O) groups excluding carboxylic acids is 1. The van der Waals surface area contributed by atoms with E-state index in [2.05, 4.69) is 0 Å². The molecule has 0 aliphatic carbocycles.